The van der Waals surface area contributed by atoms with Gasteiger partial charge in [-0.1, -0.05) is 5.16 Å². The van der Waals surface area contributed by atoms with Crippen molar-refractivity contribution in [1.82, 2.24) is 0 Å². The van der Waals surface area contributed by atoms with Gasteiger partial charge < -0.3 is 9.94 Å². The van der Waals surface area contributed by atoms with Gasteiger partial charge in [-0.05, 0) is 6.07 Å². The lowest BCUT2D eigenvalue weighted by Crippen LogP contribution is -2.41. The summed E-state index contributed by atoms with van der Waals surface area (Å²) < 4.78 is 1.56. The number of carboxylic acid groups (broad SMARTS) is 1. The van der Waals surface area contributed by atoms with E-state index in [1.165, 1.54) is 13.3 Å². The van der Waals surface area contributed by atoms with E-state index in [0.717, 1.165) is 0 Å². The highest BCUT2D eigenvalue weighted by Gasteiger charge is 2.11. The standard InChI is InChI=1S/C9H10N2O3/c1-14-10-6-8-4-2-3-5-11(8)7-9(12)13/h2-6H,7H2,1H3/p+1. The molecule has 0 aromatic carbocycles. The molecular formula is C9H11N2O3+. The van der Waals surface area contributed by atoms with E-state index in [0.29, 0.717) is 5.69 Å². The van der Waals surface area contributed by atoms with Gasteiger partial charge in [-0.15, -0.1) is 0 Å². The molecule has 0 spiro atoms. The Hall–Kier alpha value is -1.91. The van der Waals surface area contributed by atoms with Crippen LogP contribution in [-0.2, 0) is 16.2 Å². The number of carboxylic acids is 1. The summed E-state index contributed by atoms with van der Waals surface area (Å²) >= 11 is 0. The summed E-state index contributed by atoms with van der Waals surface area (Å²) in [4.78, 5) is 15.0. The number of pyridine rings is 1. The zero-order chi connectivity index (χ0) is 10.4. The summed E-state index contributed by atoms with van der Waals surface area (Å²) in [5.41, 5.74) is 0.678. The molecule has 0 saturated carbocycles. The lowest BCUT2D eigenvalue weighted by atomic mass is 10.3. The Morgan fingerprint density at radius 2 is 2.50 bits per heavy atom. The SMILES string of the molecule is CON=Cc1cccc[n+]1CC(=O)O. The van der Waals surface area contributed by atoms with Gasteiger partial charge in [0.25, 0.3) is 0 Å². The number of aliphatic carboxylic acids is 1. The fraction of sp³-hybridized carbons (Fsp3) is 0.222. The summed E-state index contributed by atoms with van der Waals surface area (Å²) in [6.07, 6.45) is 3.13. The van der Waals surface area contributed by atoms with Crippen molar-refractivity contribution in [2.75, 3.05) is 7.11 Å². The fourth-order valence-corrected chi connectivity index (χ4v) is 1.00. The zero-order valence-electron chi connectivity index (χ0n) is 7.75. The van der Waals surface area contributed by atoms with Gasteiger partial charge in [0, 0.05) is 12.1 Å². The summed E-state index contributed by atoms with van der Waals surface area (Å²) in [5, 5.41) is 12.2. The molecule has 0 atom stereocenters. The first kappa shape index (κ1) is 10.2. The summed E-state index contributed by atoms with van der Waals surface area (Å²) in [6, 6.07) is 5.31. The number of carbonyl (C=O) groups is 1. The molecule has 0 aliphatic carbocycles. The first-order chi connectivity index (χ1) is 6.74. The molecule has 0 fully saturated rings. The maximum Gasteiger partial charge on any atom is 0.370 e. The van der Waals surface area contributed by atoms with Crippen LogP contribution in [0.15, 0.2) is 29.6 Å². The lowest BCUT2D eigenvalue weighted by Gasteiger charge is -1.95. The molecule has 0 bridgehead atoms. The van der Waals surface area contributed by atoms with Crippen molar-refractivity contribution >= 4 is 12.2 Å². The zero-order valence-corrected chi connectivity index (χ0v) is 7.75. The van der Waals surface area contributed by atoms with E-state index < -0.39 is 5.97 Å². The summed E-state index contributed by atoms with van der Waals surface area (Å²) in [7, 11) is 1.43. The first-order valence-electron chi connectivity index (χ1n) is 4.01. The molecule has 0 unspecified atom stereocenters. The highest BCUT2D eigenvalue weighted by atomic mass is 16.6. The number of hydrogen-bond acceptors (Lipinski definition) is 3. The second-order valence-electron chi connectivity index (χ2n) is 2.56. The average molecular weight is 195 g/mol. The van der Waals surface area contributed by atoms with Gasteiger partial charge in [-0.3, -0.25) is 0 Å². The van der Waals surface area contributed by atoms with Gasteiger partial charge >= 0.3 is 5.97 Å². The van der Waals surface area contributed by atoms with Crippen LogP contribution in [-0.4, -0.2) is 24.4 Å². The Morgan fingerprint density at radius 1 is 1.71 bits per heavy atom. The van der Waals surface area contributed by atoms with Crippen molar-refractivity contribution in [2.24, 2.45) is 5.16 Å². The van der Waals surface area contributed by atoms with Crippen molar-refractivity contribution in [3.8, 4) is 0 Å². The van der Waals surface area contributed by atoms with Crippen molar-refractivity contribution < 1.29 is 19.3 Å². The molecular weight excluding hydrogens is 184 g/mol. The number of oxime groups is 1. The Labute approximate surface area is 81.2 Å². The summed E-state index contributed by atoms with van der Waals surface area (Å²) in [6.45, 7) is -0.0914. The molecule has 14 heavy (non-hydrogen) atoms. The molecule has 74 valence electrons. The van der Waals surface area contributed by atoms with Crippen LogP contribution in [0.3, 0.4) is 0 Å². The van der Waals surface area contributed by atoms with Gasteiger partial charge in [-0.25, -0.2) is 4.79 Å². The third-order valence-corrected chi connectivity index (χ3v) is 1.57. The molecule has 0 radical (unpaired) electrons. The van der Waals surface area contributed by atoms with Gasteiger partial charge in [-0.2, -0.15) is 4.57 Å². The number of hydrogen-bond donors (Lipinski definition) is 1. The molecule has 1 heterocycles. The van der Waals surface area contributed by atoms with Crippen LogP contribution in [0.1, 0.15) is 5.69 Å². The molecule has 0 aliphatic heterocycles. The van der Waals surface area contributed by atoms with E-state index in [2.05, 4.69) is 9.99 Å². The molecule has 5 heteroatoms. The second kappa shape index (κ2) is 4.96. The maximum atomic E-state index is 10.5. The molecule has 1 rings (SSSR count). The van der Waals surface area contributed by atoms with Crippen molar-refractivity contribution in [3.63, 3.8) is 0 Å². The van der Waals surface area contributed by atoms with Crippen LogP contribution in [0.2, 0.25) is 0 Å². The van der Waals surface area contributed by atoms with Gasteiger partial charge in [0.2, 0.25) is 12.2 Å². The van der Waals surface area contributed by atoms with E-state index in [1.807, 2.05) is 0 Å². The summed E-state index contributed by atoms with van der Waals surface area (Å²) in [5.74, 6) is -0.895. The van der Waals surface area contributed by atoms with Crippen LogP contribution >= 0.6 is 0 Å². The first-order valence-corrected chi connectivity index (χ1v) is 4.01. The topological polar surface area (TPSA) is 62.8 Å². The number of aromatic nitrogens is 1. The highest BCUT2D eigenvalue weighted by Crippen LogP contribution is 1.88. The minimum absolute atomic E-state index is 0.0914. The van der Waals surface area contributed by atoms with Crippen molar-refractivity contribution in [3.05, 3.63) is 30.1 Å². The fourth-order valence-electron chi connectivity index (χ4n) is 1.00. The van der Waals surface area contributed by atoms with E-state index in [4.69, 9.17) is 5.11 Å². The quantitative estimate of drug-likeness (QED) is 0.419. The maximum absolute atomic E-state index is 10.5. The number of rotatable bonds is 4. The van der Waals surface area contributed by atoms with Gasteiger partial charge in [0.1, 0.15) is 13.3 Å². The highest BCUT2D eigenvalue weighted by molar-refractivity contribution is 5.74. The molecule has 0 amide bonds. The third kappa shape index (κ3) is 2.85. The Bertz CT molecular complexity index is 350. The smallest absolute Gasteiger partial charge is 0.370 e. The van der Waals surface area contributed by atoms with Crippen molar-refractivity contribution in [1.29, 1.82) is 0 Å². The van der Waals surface area contributed by atoms with Crippen LogP contribution in [0, 0.1) is 0 Å². The van der Waals surface area contributed by atoms with E-state index >= 15 is 0 Å². The van der Waals surface area contributed by atoms with E-state index in [9.17, 15) is 4.79 Å². The third-order valence-electron chi connectivity index (χ3n) is 1.57. The van der Waals surface area contributed by atoms with Crippen molar-refractivity contribution in [2.45, 2.75) is 6.54 Å². The Kier molecular flexibility index (Phi) is 3.60. The number of nitrogens with zero attached hydrogens (tertiary/aromatic N) is 2. The normalized spacial score (nSPS) is 10.4. The minimum atomic E-state index is -0.895. The average Bonchev–Trinajstić information content (AvgIpc) is 2.16. The molecule has 1 aromatic rings. The molecule has 0 aliphatic rings. The lowest BCUT2D eigenvalue weighted by molar-refractivity contribution is -0.686. The van der Waals surface area contributed by atoms with Crippen LogP contribution in [0.4, 0.5) is 0 Å². The Morgan fingerprint density at radius 3 is 3.14 bits per heavy atom. The second-order valence-corrected chi connectivity index (χ2v) is 2.56. The Balaban J connectivity index is 2.90. The monoisotopic (exact) mass is 195 g/mol. The minimum Gasteiger partial charge on any atom is -0.477 e. The van der Waals surface area contributed by atoms with Gasteiger partial charge in [0.15, 0.2) is 6.20 Å². The van der Waals surface area contributed by atoms with Crippen LogP contribution < -0.4 is 4.57 Å². The van der Waals surface area contributed by atoms with E-state index in [-0.39, 0.29) is 6.54 Å². The van der Waals surface area contributed by atoms with Crippen LogP contribution in [0.5, 0.6) is 0 Å². The molecule has 1 aromatic heterocycles. The largest absolute Gasteiger partial charge is 0.477 e. The molecule has 0 saturated heterocycles. The predicted octanol–water partition coefficient (Wildman–Crippen LogP) is 0.0390. The predicted molar refractivity (Wildman–Crippen MR) is 48.9 cm³/mol. The molecule has 5 nitrogen and oxygen atoms in total. The van der Waals surface area contributed by atoms with Crippen LogP contribution in [0.25, 0.3) is 0 Å². The van der Waals surface area contributed by atoms with E-state index in [1.54, 1.807) is 29.0 Å². The molecule has 1 N–H and O–H groups in total. The van der Waals surface area contributed by atoms with Gasteiger partial charge in [0.05, 0.1) is 0 Å².